The van der Waals surface area contributed by atoms with Crippen molar-refractivity contribution in [3.63, 3.8) is 0 Å². The van der Waals surface area contributed by atoms with Gasteiger partial charge in [0.2, 0.25) is 0 Å². The summed E-state index contributed by atoms with van der Waals surface area (Å²) in [6, 6.07) is 9.40. The summed E-state index contributed by atoms with van der Waals surface area (Å²) in [6.45, 7) is 6.11. The lowest BCUT2D eigenvalue weighted by atomic mass is 9.97. The van der Waals surface area contributed by atoms with Crippen LogP contribution in [0.5, 0.6) is 0 Å². The molecule has 0 saturated carbocycles. The molecule has 2 heterocycles. The normalized spacial score (nSPS) is 16.6. The van der Waals surface area contributed by atoms with Crippen molar-refractivity contribution in [2.45, 2.75) is 19.8 Å². The number of rotatable bonds is 6. The molecule has 2 fully saturated rings. The number of carbonyl (C=O) groups is 2. The van der Waals surface area contributed by atoms with E-state index >= 15 is 0 Å². The first-order valence-corrected chi connectivity index (χ1v) is 11.8. The minimum atomic E-state index is -0.521. The minimum Gasteiger partial charge on any atom is -0.465 e. The molecule has 2 aliphatic rings. The van der Waals surface area contributed by atoms with Gasteiger partial charge in [0.05, 0.1) is 53.4 Å². The maximum Gasteiger partial charge on any atom is 0.337 e. The summed E-state index contributed by atoms with van der Waals surface area (Å²) in [7, 11) is 1.30. The molecule has 0 bridgehead atoms. The highest BCUT2D eigenvalue weighted by Gasteiger charge is 2.25. The number of esters is 1. The Hall–Kier alpha value is -3.66. The highest BCUT2D eigenvalue weighted by molar-refractivity contribution is 6.10. The number of piperidine rings is 1. The number of amides is 1. The Balaban J connectivity index is 1.70. The van der Waals surface area contributed by atoms with Crippen LogP contribution >= 0.6 is 0 Å². The molecular formula is C25H30N4O6. The fourth-order valence-corrected chi connectivity index (χ4v) is 4.50. The van der Waals surface area contributed by atoms with Gasteiger partial charge in [0.25, 0.3) is 11.6 Å². The fraction of sp³-hybridized carbons (Fsp3) is 0.440. The predicted molar refractivity (Wildman–Crippen MR) is 132 cm³/mol. The lowest BCUT2D eigenvalue weighted by molar-refractivity contribution is -0.384. The molecule has 2 aromatic rings. The number of morpholine rings is 1. The number of methoxy groups -OCH3 is 1. The van der Waals surface area contributed by atoms with Crippen LogP contribution in [0.2, 0.25) is 0 Å². The molecule has 0 aliphatic carbocycles. The van der Waals surface area contributed by atoms with Crippen LogP contribution in [-0.4, -0.2) is 63.3 Å². The Bertz CT molecular complexity index is 1110. The average Bonchev–Trinajstić information content (AvgIpc) is 2.88. The van der Waals surface area contributed by atoms with Crippen LogP contribution in [-0.2, 0) is 9.47 Å². The summed E-state index contributed by atoms with van der Waals surface area (Å²) >= 11 is 0. The second-order valence-electron chi connectivity index (χ2n) is 8.91. The van der Waals surface area contributed by atoms with Gasteiger partial charge in [0, 0.05) is 38.3 Å². The highest BCUT2D eigenvalue weighted by atomic mass is 16.6. The second kappa shape index (κ2) is 10.7. The average molecular weight is 483 g/mol. The Labute approximate surface area is 203 Å². The van der Waals surface area contributed by atoms with E-state index in [0.717, 1.165) is 31.6 Å². The molecule has 10 heteroatoms. The topological polar surface area (TPSA) is 114 Å². The Kier molecular flexibility index (Phi) is 7.50. The molecule has 0 spiro atoms. The largest absolute Gasteiger partial charge is 0.465 e. The molecule has 1 amide bonds. The number of nitro groups is 1. The van der Waals surface area contributed by atoms with Crippen LogP contribution in [0.1, 0.15) is 40.5 Å². The van der Waals surface area contributed by atoms with Crippen LogP contribution in [0.25, 0.3) is 0 Å². The molecule has 0 radical (unpaired) electrons. The van der Waals surface area contributed by atoms with E-state index in [2.05, 4.69) is 22.0 Å². The van der Waals surface area contributed by atoms with Crippen LogP contribution < -0.4 is 15.1 Å². The second-order valence-corrected chi connectivity index (χ2v) is 8.91. The molecule has 2 aliphatic heterocycles. The number of hydrogen-bond acceptors (Lipinski definition) is 8. The quantitative estimate of drug-likeness (QED) is 0.377. The third-order valence-electron chi connectivity index (χ3n) is 6.58. The van der Waals surface area contributed by atoms with Crippen molar-refractivity contribution in [3.05, 3.63) is 57.6 Å². The van der Waals surface area contributed by atoms with Crippen LogP contribution in [0.4, 0.5) is 22.7 Å². The zero-order chi connectivity index (χ0) is 24.9. The van der Waals surface area contributed by atoms with Gasteiger partial charge >= 0.3 is 5.97 Å². The number of anilines is 3. The number of benzene rings is 2. The third-order valence-corrected chi connectivity index (χ3v) is 6.58. The van der Waals surface area contributed by atoms with Crippen molar-refractivity contribution in [1.82, 2.24) is 0 Å². The maximum atomic E-state index is 13.6. The zero-order valence-electron chi connectivity index (χ0n) is 20.0. The van der Waals surface area contributed by atoms with Crippen molar-refractivity contribution in [2.24, 2.45) is 5.92 Å². The van der Waals surface area contributed by atoms with Gasteiger partial charge in [-0.25, -0.2) is 4.79 Å². The molecule has 0 aromatic heterocycles. The van der Waals surface area contributed by atoms with E-state index in [4.69, 9.17) is 9.47 Å². The summed E-state index contributed by atoms with van der Waals surface area (Å²) in [5.74, 6) is -0.398. The van der Waals surface area contributed by atoms with Gasteiger partial charge in [-0.2, -0.15) is 0 Å². The SMILES string of the molecule is COC(=O)c1ccc(N2CCOCC2)c(NC(=O)c2cc([N+](=O)[O-])ccc2N2CCC(C)CC2)c1. The summed E-state index contributed by atoms with van der Waals surface area (Å²) in [5, 5.41) is 14.4. The molecular weight excluding hydrogens is 452 g/mol. The van der Waals surface area contributed by atoms with E-state index in [1.54, 1.807) is 24.3 Å². The molecule has 2 saturated heterocycles. The van der Waals surface area contributed by atoms with E-state index in [0.29, 0.717) is 49.2 Å². The lowest BCUT2D eigenvalue weighted by Crippen LogP contribution is -2.37. The van der Waals surface area contributed by atoms with E-state index < -0.39 is 16.8 Å². The van der Waals surface area contributed by atoms with Gasteiger partial charge in [-0.3, -0.25) is 14.9 Å². The van der Waals surface area contributed by atoms with Crippen molar-refractivity contribution in [2.75, 3.05) is 61.6 Å². The number of carbonyl (C=O) groups excluding carboxylic acids is 2. The molecule has 186 valence electrons. The number of nitrogens with one attached hydrogen (secondary N) is 1. The number of nitrogens with zero attached hydrogens (tertiary/aromatic N) is 3. The fourth-order valence-electron chi connectivity index (χ4n) is 4.50. The Morgan fingerprint density at radius 2 is 1.69 bits per heavy atom. The van der Waals surface area contributed by atoms with Gasteiger partial charge in [0.15, 0.2) is 0 Å². The predicted octanol–water partition coefficient (Wildman–Crippen LogP) is 3.71. The zero-order valence-corrected chi connectivity index (χ0v) is 20.0. The van der Waals surface area contributed by atoms with Crippen LogP contribution in [0.3, 0.4) is 0 Å². The number of hydrogen-bond donors (Lipinski definition) is 1. The molecule has 1 N–H and O–H groups in total. The smallest absolute Gasteiger partial charge is 0.337 e. The highest BCUT2D eigenvalue weighted by Crippen LogP contribution is 2.33. The van der Waals surface area contributed by atoms with Crippen molar-refractivity contribution in [1.29, 1.82) is 0 Å². The summed E-state index contributed by atoms with van der Waals surface area (Å²) in [4.78, 5) is 40.9. The summed E-state index contributed by atoms with van der Waals surface area (Å²) in [5.41, 5.74) is 2.21. The Morgan fingerprint density at radius 3 is 2.34 bits per heavy atom. The van der Waals surface area contributed by atoms with Crippen molar-refractivity contribution in [3.8, 4) is 0 Å². The van der Waals surface area contributed by atoms with Gasteiger partial charge in [-0.15, -0.1) is 0 Å². The van der Waals surface area contributed by atoms with E-state index in [1.165, 1.54) is 19.2 Å². The van der Waals surface area contributed by atoms with Gasteiger partial charge in [-0.1, -0.05) is 6.92 Å². The molecule has 4 rings (SSSR count). The van der Waals surface area contributed by atoms with Crippen molar-refractivity contribution >= 4 is 34.6 Å². The Morgan fingerprint density at radius 1 is 1.03 bits per heavy atom. The first-order valence-electron chi connectivity index (χ1n) is 11.8. The lowest BCUT2D eigenvalue weighted by Gasteiger charge is -2.33. The van der Waals surface area contributed by atoms with E-state index in [1.807, 2.05) is 0 Å². The van der Waals surface area contributed by atoms with Gasteiger partial charge in [-0.05, 0) is 43.0 Å². The summed E-state index contributed by atoms with van der Waals surface area (Å²) in [6.07, 6.45) is 1.97. The molecule has 10 nitrogen and oxygen atoms in total. The molecule has 0 atom stereocenters. The van der Waals surface area contributed by atoms with Crippen molar-refractivity contribution < 1.29 is 24.0 Å². The van der Waals surface area contributed by atoms with Gasteiger partial charge < -0.3 is 24.6 Å². The molecule has 35 heavy (non-hydrogen) atoms. The number of non-ortho nitro benzene ring substituents is 1. The monoisotopic (exact) mass is 482 g/mol. The van der Waals surface area contributed by atoms with Crippen LogP contribution in [0.15, 0.2) is 36.4 Å². The van der Waals surface area contributed by atoms with E-state index in [-0.39, 0.29) is 11.3 Å². The molecule has 2 aromatic carbocycles. The first kappa shape index (κ1) is 24.5. The minimum absolute atomic E-state index is 0.152. The number of nitro benzene ring substituents is 1. The first-order chi connectivity index (χ1) is 16.9. The third kappa shape index (κ3) is 5.54. The summed E-state index contributed by atoms with van der Waals surface area (Å²) < 4.78 is 10.3. The van der Waals surface area contributed by atoms with Crippen LogP contribution in [0, 0.1) is 16.0 Å². The van der Waals surface area contributed by atoms with Gasteiger partial charge in [0.1, 0.15) is 0 Å². The molecule has 0 unspecified atom stereocenters. The van der Waals surface area contributed by atoms with E-state index in [9.17, 15) is 19.7 Å². The standard InChI is InChI=1S/C25H30N4O6/c1-17-7-9-27(10-8-17)22-6-4-19(29(32)33)16-20(22)24(30)26-21-15-18(25(31)34-2)3-5-23(21)28-11-13-35-14-12-28/h3-6,15-17H,7-14H2,1-2H3,(H,26,30). The maximum absolute atomic E-state index is 13.6. The number of ether oxygens (including phenoxy) is 2.